The van der Waals surface area contributed by atoms with E-state index in [4.69, 9.17) is 28.4 Å². The van der Waals surface area contributed by atoms with Crippen LogP contribution in [0.2, 0.25) is 0 Å². The van der Waals surface area contributed by atoms with E-state index < -0.39 is 12.6 Å². The van der Waals surface area contributed by atoms with Gasteiger partial charge in [0.2, 0.25) is 0 Å². The first-order valence-electron chi connectivity index (χ1n) is 17.3. The van der Waals surface area contributed by atoms with Crippen molar-refractivity contribution in [2.24, 2.45) is 0 Å². The van der Waals surface area contributed by atoms with Crippen LogP contribution in [0.1, 0.15) is 156 Å². The third kappa shape index (κ3) is 28.9. The molecule has 0 amide bonds. The van der Waals surface area contributed by atoms with Crippen LogP contribution >= 0.6 is 0 Å². The Hall–Kier alpha value is -1.22. The molecule has 8 nitrogen and oxygen atoms in total. The van der Waals surface area contributed by atoms with Crippen molar-refractivity contribution in [3.05, 3.63) is 0 Å². The van der Waals surface area contributed by atoms with Crippen molar-refractivity contribution in [3.63, 3.8) is 0 Å². The number of carbonyl (C=O) groups excluding carboxylic acids is 2. The molecule has 0 atom stereocenters. The lowest BCUT2D eigenvalue weighted by Crippen LogP contribution is -2.26. The van der Waals surface area contributed by atoms with Crippen molar-refractivity contribution in [2.45, 2.75) is 169 Å². The van der Waals surface area contributed by atoms with Crippen molar-refractivity contribution in [3.8, 4) is 0 Å². The van der Waals surface area contributed by atoms with E-state index in [-0.39, 0.29) is 38.0 Å². The summed E-state index contributed by atoms with van der Waals surface area (Å²) in [4.78, 5) is 24.6. The zero-order valence-corrected chi connectivity index (χ0v) is 27.8. The van der Waals surface area contributed by atoms with Gasteiger partial charge in [0.25, 0.3) is 0 Å². The van der Waals surface area contributed by atoms with Gasteiger partial charge in [0, 0.05) is 39.3 Å². The van der Waals surface area contributed by atoms with Crippen molar-refractivity contribution in [1.82, 2.24) is 0 Å². The summed E-state index contributed by atoms with van der Waals surface area (Å²) in [5.74, 6) is -0.601. The molecule has 0 fully saturated rings. The van der Waals surface area contributed by atoms with Crippen LogP contribution in [0.25, 0.3) is 0 Å². The fourth-order valence-electron chi connectivity index (χ4n) is 4.27. The molecule has 250 valence electrons. The second-order valence-corrected chi connectivity index (χ2v) is 11.2. The summed E-state index contributed by atoms with van der Waals surface area (Å²) in [5.41, 5.74) is 0. The summed E-state index contributed by atoms with van der Waals surface area (Å²) < 4.78 is 34.3. The maximum absolute atomic E-state index is 12.3. The predicted octanol–water partition coefficient (Wildman–Crippen LogP) is 8.67. The first kappa shape index (κ1) is 40.8. The van der Waals surface area contributed by atoms with E-state index in [1.807, 2.05) is 0 Å². The van der Waals surface area contributed by atoms with Gasteiger partial charge in [0.15, 0.2) is 12.6 Å². The molecule has 0 saturated carbocycles. The van der Waals surface area contributed by atoms with E-state index in [0.717, 1.165) is 51.4 Å². The van der Waals surface area contributed by atoms with Gasteiger partial charge >= 0.3 is 11.9 Å². The summed E-state index contributed by atoms with van der Waals surface area (Å²) >= 11 is 0. The van der Waals surface area contributed by atoms with Crippen molar-refractivity contribution >= 4 is 11.9 Å². The third-order valence-electron chi connectivity index (χ3n) is 6.98. The number of unbranched alkanes of at least 4 members (excludes halogenated alkanes) is 13. The van der Waals surface area contributed by atoms with Crippen LogP contribution in [0.4, 0.5) is 0 Å². The minimum atomic E-state index is -0.525. The number of rotatable bonds is 33. The van der Waals surface area contributed by atoms with Gasteiger partial charge in [-0.25, -0.2) is 0 Å². The van der Waals surface area contributed by atoms with Gasteiger partial charge in [-0.2, -0.15) is 0 Å². The van der Waals surface area contributed by atoms with Crippen LogP contribution in [0, 0.1) is 0 Å². The highest BCUT2D eigenvalue weighted by Gasteiger charge is 2.15. The highest BCUT2D eigenvalue weighted by molar-refractivity contribution is 5.70. The van der Waals surface area contributed by atoms with E-state index >= 15 is 0 Å². The molecule has 42 heavy (non-hydrogen) atoms. The van der Waals surface area contributed by atoms with E-state index in [0.29, 0.717) is 39.3 Å². The normalized spacial score (nSPS) is 11.5. The molecular weight excluding hydrogens is 536 g/mol. The maximum Gasteiger partial charge on any atom is 0.305 e. The standard InChI is InChI=1S/C34H66O8/c1-5-9-13-19-25-37-33(38-26-20-14-10-6-2)29-41-31(35)23-17-18-24-32(36)42-30-34(39-27-21-15-11-7-3)40-28-22-16-12-8-4/h33-34H,5-30H2,1-4H3. The maximum atomic E-state index is 12.3. The molecule has 0 aliphatic rings. The van der Waals surface area contributed by atoms with Crippen LogP contribution in [-0.2, 0) is 38.0 Å². The minimum Gasteiger partial charge on any atom is -0.460 e. The van der Waals surface area contributed by atoms with E-state index in [9.17, 15) is 9.59 Å². The van der Waals surface area contributed by atoms with Gasteiger partial charge in [0.1, 0.15) is 13.2 Å². The molecular formula is C34H66O8. The molecule has 0 spiro atoms. The Bertz CT molecular complexity index is 508. The van der Waals surface area contributed by atoms with Crippen molar-refractivity contribution in [2.75, 3.05) is 39.6 Å². The molecule has 0 aromatic rings. The zero-order chi connectivity index (χ0) is 30.9. The molecule has 0 aromatic carbocycles. The van der Waals surface area contributed by atoms with E-state index in [2.05, 4.69) is 27.7 Å². The molecule has 0 N–H and O–H groups in total. The van der Waals surface area contributed by atoms with E-state index in [1.54, 1.807) is 0 Å². The first-order chi connectivity index (χ1) is 20.6. The lowest BCUT2D eigenvalue weighted by atomic mass is 10.2. The number of ether oxygens (including phenoxy) is 6. The predicted molar refractivity (Wildman–Crippen MR) is 168 cm³/mol. The van der Waals surface area contributed by atoms with Crippen LogP contribution in [-0.4, -0.2) is 64.2 Å². The van der Waals surface area contributed by atoms with Gasteiger partial charge < -0.3 is 28.4 Å². The van der Waals surface area contributed by atoms with Gasteiger partial charge in [-0.3, -0.25) is 9.59 Å². The Morgan fingerprint density at radius 1 is 0.405 bits per heavy atom. The van der Waals surface area contributed by atoms with Crippen LogP contribution in [0.15, 0.2) is 0 Å². The van der Waals surface area contributed by atoms with Crippen molar-refractivity contribution < 1.29 is 38.0 Å². The number of esters is 2. The fourth-order valence-corrected chi connectivity index (χ4v) is 4.27. The van der Waals surface area contributed by atoms with Gasteiger partial charge in [-0.15, -0.1) is 0 Å². The molecule has 0 saturated heterocycles. The highest BCUT2D eigenvalue weighted by atomic mass is 16.7. The SMILES string of the molecule is CCCCCCOC(COC(=O)CCCCC(=O)OCC(OCCCCCC)OCCCCCC)OCCCCCC. The van der Waals surface area contributed by atoms with Crippen LogP contribution in [0.3, 0.4) is 0 Å². The summed E-state index contributed by atoms with van der Waals surface area (Å²) in [7, 11) is 0. The summed E-state index contributed by atoms with van der Waals surface area (Å²) in [6, 6.07) is 0. The average Bonchev–Trinajstić information content (AvgIpc) is 2.99. The average molecular weight is 603 g/mol. The van der Waals surface area contributed by atoms with E-state index in [1.165, 1.54) is 51.4 Å². The monoisotopic (exact) mass is 602 g/mol. The quantitative estimate of drug-likeness (QED) is 0.0419. The Morgan fingerprint density at radius 3 is 0.952 bits per heavy atom. The highest BCUT2D eigenvalue weighted by Crippen LogP contribution is 2.10. The lowest BCUT2D eigenvalue weighted by molar-refractivity contribution is -0.184. The van der Waals surface area contributed by atoms with Gasteiger partial charge in [0.05, 0.1) is 0 Å². The molecule has 0 aliphatic heterocycles. The second kappa shape index (κ2) is 32.7. The molecule has 0 heterocycles. The Labute approximate surface area is 258 Å². The van der Waals surface area contributed by atoms with Crippen molar-refractivity contribution in [1.29, 1.82) is 0 Å². The fraction of sp³-hybridized carbons (Fsp3) is 0.941. The minimum absolute atomic E-state index is 0.0979. The van der Waals surface area contributed by atoms with Crippen LogP contribution < -0.4 is 0 Å². The summed E-state index contributed by atoms with van der Waals surface area (Å²) in [5, 5.41) is 0. The largest absolute Gasteiger partial charge is 0.460 e. The first-order valence-corrected chi connectivity index (χ1v) is 17.3. The zero-order valence-electron chi connectivity index (χ0n) is 27.8. The summed E-state index contributed by atoms with van der Waals surface area (Å²) in [6.07, 6.45) is 18.4. The molecule has 0 unspecified atom stereocenters. The Kier molecular flexibility index (Phi) is 31.7. The van der Waals surface area contributed by atoms with Gasteiger partial charge in [-0.1, -0.05) is 105 Å². The second-order valence-electron chi connectivity index (χ2n) is 11.2. The number of hydrogen-bond donors (Lipinski definition) is 0. The number of hydrogen-bond acceptors (Lipinski definition) is 8. The molecule has 0 rings (SSSR count). The molecule has 8 heteroatoms. The molecule has 0 aromatic heterocycles. The molecule has 0 radical (unpaired) electrons. The smallest absolute Gasteiger partial charge is 0.305 e. The molecule has 0 aliphatic carbocycles. The van der Waals surface area contributed by atoms with Crippen LogP contribution in [0.5, 0.6) is 0 Å². The Balaban J connectivity index is 4.25. The molecule has 0 bridgehead atoms. The summed E-state index contributed by atoms with van der Waals surface area (Å²) in [6.45, 7) is 11.3. The third-order valence-corrected chi connectivity index (χ3v) is 6.98. The topological polar surface area (TPSA) is 89.5 Å². The number of carbonyl (C=O) groups is 2. The lowest BCUT2D eigenvalue weighted by Gasteiger charge is -2.19. The Morgan fingerprint density at radius 2 is 0.690 bits per heavy atom. The van der Waals surface area contributed by atoms with Gasteiger partial charge in [-0.05, 0) is 38.5 Å².